The van der Waals surface area contributed by atoms with Crippen LogP contribution in [0.1, 0.15) is 18.1 Å². The molecule has 0 spiro atoms. The summed E-state index contributed by atoms with van der Waals surface area (Å²) in [6.07, 6.45) is -4.48. The summed E-state index contributed by atoms with van der Waals surface area (Å²) < 4.78 is 42.1. The van der Waals surface area contributed by atoms with Crippen LogP contribution in [0.25, 0.3) is 0 Å². The van der Waals surface area contributed by atoms with Crippen molar-refractivity contribution >= 4 is 17.7 Å². The Balaban J connectivity index is 2.87. The maximum absolute atomic E-state index is 12.5. The summed E-state index contributed by atoms with van der Waals surface area (Å²) in [5, 5.41) is 8.91. The lowest BCUT2D eigenvalue weighted by Gasteiger charge is -2.11. The van der Waals surface area contributed by atoms with Crippen LogP contribution in [0.15, 0.2) is 23.1 Å². The Hall–Kier alpha value is -1.68. The van der Waals surface area contributed by atoms with E-state index in [9.17, 15) is 18.0 Å². The lowest BCUT2D eigenvalue weighted by Crippen LogP contribution is -2.14. The van der Waals surface area contributed by atoms with Gasteiger partial charge in [0.15, 0.2) is 0 Å². The van der Waals surface area contributed by atoms with Gasteiger partial charge in [-0.1, -0.05) is 6.92 Å². The van der Waals surface area contributed by atoms with Crippen LogP contribution >= 0.6 is 11.8 Å². The average molecular weight is 303 g/mol. The fourth-order valence-electron chi connectivity index (χ4n) is 1.40. The Morgan fingerprint density at radius 3 is 2.65 bits per heavy atom. The molecule has 1 aromatic rings. The largest absolute Gasteiger partial charge is 0.469 e. The van der Waals surface area contributed by atoms with Gasteiger partial charge in [-0.25, -0.2) is 0 Å². The summed E-state index contributed by atoms with van der Waals surface area (Å²) in [7, 11) is 1.27. The third kappa shape index (κ3) is 4.17. The molecule has 0 saturated heterocycles. The van der Waals surface area contributed by atoms with Crippen LogP contribution in [-0.4, -0.2) is 18.8 Å². The number of methoxy groups -OCH3 is 1. The van der Waals surface area contributed by atoms with E-state index in [0.717, 1.165) is 23.9 Å². The molecule has 0 heterocycles. The molecule has 0 bridgehead atoms. The Morgan fingerprint density at radius 2 is 2.15 bits per heavy atom. The number of hydrogen-bond donors (Lipinski definition) is 0. The SMILES string of the molecule is COC(=O)C(C)CSc1ccc(C(F)(F)F)cc1C#N. The van der Waals surface area contributed by atoms with Gasteiger partial charge < -0.3 is 4.74 Å². The average Bonchev–Trinajstić information content (AvgIpc) is 2.42. The lowest BCUT2D eigenvalue weighted by molar-refractivity contribution is -0.144. The van der Waals surface area contributed by atoms with Crippen LogP contribution in [-0.2, 0) is 15.7 Å². The van der Waals surface area contributed by atoms with Crippen LogP contribution in [0.4, 0.5) is 13.2 Å². The second-order valence-corrected chi connectivity index (χ2v) is 5.12. The highest BCUT2D eigenvalue weighted by molar-refractivity contribution is 7.99. The van der Waals surface area contributed by atoms with Crippen molar-refractivity contribution in [3.8, 4) is 6.07 Å². The number of nitrogens with zero attached hydrogens (tertiary/aromatic N) is 1. The van der Waals surface area contributed by atoms with Crippen molar-refractivity contribution in [2.75, 3.05) is 12.9 Å². The van der Waals surface area contributed by atoms with Gasteiger partial charge in [0.05, 0.1) is 24.2 Å². The van der Waals surface area contributed by atoms with Crippen molar-refractivity contribution in [2.45, 2.75) is 18.0 Å². The number of halogens is 3. The van der Waals surface area contributed by atoms with Gasteiger partial charge in [0.2, 0.25) is 0 Å². The molecule has 0 aliphatic heterocycles. The molecule has 1 aromatic carbocycles. The minimum absolute atomic E-state index is 0.0538. The van der Waals surface area contributed by atoms with E-state index in [1.165, 1.54) is 13.2 Å². The zero-order chi connectivity index (χ0) is 15.3. The van der Waals surface area contributed by atoms with Crippen LogP contribution in [0, 0.1) is 17.2 Å². The van der Waals surface area contributed by atoms with E-state index in [-0.39, 0.29) is 5.56 Å². The molecule has 20 heavy (non-hydrogen) atoms. The standard InChI is InChI=1S/C13H12F3NO2S/c1-8(12(18)19-2)7-20-11-4-3-10(13(14,15)16)5-9(11)6-17/h3-5,8H,7H2,1-2H3. The second kappa shape index (κ2) is 6.66. The molecule has 0 saturated carbocycles. The van der Waals surface area contributed by atoms with Gasteiger partial charge in [0.25, 0.3) is 0 Å². The van der Waals surface area contributed by atoms with Gasteiger partial charge in [0, 0.05) is 10.6 Å². The molecule has 0 aromatic heterocycles. The Bertz CT molecular complexity index is 537. The zero-order valence-corrected chi connectivity index (χ0v) is 11.6. The third-order valence-corrected chi connectivity index (χ3v) is 3.85. The maximum atomic E-state index is 12.5. The molecular weight excluding hydrogens is 291 g/mol. The third-order valence-electron chi connectivity index (χ3n) is 2.52. The van der Waals surface area contributed by atoms with E-state index in [4.69, 9.17) is 5.26 Å². The molecule has 3 nitrogen and oxygen atoms in total. The number of hydrogen-bond acceptors (Lipinski definition) is 4. The molecule has 0 fully saturated rings. The molecule has 0 radical (unpaired) electrons. The number of carbonyl (C=O) groups excluding carboxylic acids is 1. The van der Waals surface area contributed by atoms with Crippen molar-refractivity contribution in [3.63, 3.8) is 0 Å². The summed E-state index contributed by atoms with van der Waals surface area (Å²) in [6.45, 7) is 1.65. The van der Waals surface area contributed by atoms with Crippen LogP contribution < -0.4 is 0 Å². The van der Waals surface area contributed by atoms with Crippen molar-refractivity contribution in [1.82, 2.24) is 0 Å². The summed E-state index contributed by atoms with van der Waals surface area (Å²) in [5.41, 5.74) is -0.915. The van der Waals surface area contributed by atoms with Gasteiger partial charge >= 0.3 is 12.1 Å². The minimum atomic E-state index is -4.48. The van der Waals surface area contributed by atoms with E-state index in [2.05, 4.69) is 4.74 Å². The first kappa shape index (κ1) is 16.4. The number of nitriles is 1. The normalized spacial score (nSPS) is 12.6. The van der Waals surface area contributed by atoms with E-state index < -0.39 is 23.6 Å². The molecular formula is C13H12F3NO2S. The first-order valence-corrected chi connectivity index (χ1v) is 6.60. The second-order valence-electron chi connectivity index (χ2n) is 4.06. The van der Waals surface area contributed by atoms with Gasteiger partial charge in [0.1, 0.15) is 6.07 Å². The molecule has 0 amide bonds. The van der Waals surface area contributed by atoms with Gasteiger partial charge in [-0.15, -0.1) is 11.8 Å². The van der Waals surface area contributed by atoms with Gasteiger partial charge in [-0.3, -0.25) is 4.79 Å². The first-order valence-electron chi connectivity index (χ1n) is 5.61. The summed E-state index contributed by atoms with van der Waals surface area (Å²) in [5.74, 6) is -0.478. The summed E-state index contributed by atoms with van der Waals surface area (Å²) in [4.78, 5) is 11.6. The van der Waals surface area contributed by atoms with Crippen molar-refractivity contribution in [3.05, 3.63) is 29.3 Å². The lowest BCUT2D eigenvalue weighted by atomic mass is 10.1. The molecule has 1 unspecified atom stereocenters. The highest BCUT2D eigenvalue weighted by atomic mass is 32.2. The van der Waals surface area contributed by atoms with Crippen molar-refractivity contribution < 1.29 is 22.7 Å². The summed E-state index contributed by atoms with van der Waals surface area (Å²) in [6, 6.07) is 4.72. The van der Waals surface area contributed by atoms with Crippen LogP contribution in [0.5, 0.6) is 0 Å². The molecule has 7 heteroatoms. The number of benzene rings is 1. The quantitative estimate of drug-likeness (QED) is 0.631. The Kier molecular flexibility index (Phi) is 5.45. The zero-order valence-electron chi connectivity index (χ0n) is 10.8. The fourth-order valence-corrected chi connectivity index (χ4v) is 2.39. The van der Waals surface area contributed by atoms with E-state index in [0.29, 0.717) is 10.6 Å². The van der Waals surface area contributed by atoms with Crippen molar-refractivity contribution in [2.24, 2.45) is 5.92 Å². The number of esters is 1. The molecule has 108 valence electrons. The van der Waals surface area contributed by atoms with Crippen LogP contribution in [0.3, 0.4) is 0 Å². The monoisotopic (exact) mass is 303 g/mol. The maximum Gasteiger partial charge on any atom is 0.416 e. The topological polar surface area (TPSA) is 50.1 Å². The van der Waals surface area contributed by atoms with Gasteiger partial charge in [-0.05, 0) is 18.2 Å². The number of carbonyl (C=O) groups is 1. The van der Waals surface area contributed by atoms with E-state index in [1.54, 1.807) is 13.0 Å². The Morgan fingerprint density at radius 1 is 1.50 bits per heavy atom. The number of rotatable bonds is 4. The number of alkyl halides is 3. The molecule has 1 rings (SSSR count). The molecule has 1 atom stereocenters. The number of thioether (sulfide) groups is 1. The van der Waals surface area contributed by atoms with E-state index in [1.807, 2.05) is 0 Å². The molecule has 0 N–H and O–H groups in total. The molecule has 0 aliphatic rings. The first-order chi connectivity index (χ1) is 9.29. The molecule has 0 aliphatic carbocycles. The van der Waals surface area contributed by atoms with Crippen molar-refractivity contribution in [1.29, 1.82) is 5.26 Å². The highest BCUT2D eigenvalue weighted by Crippen LogP contribution is 2.33. The van der Waals surface area contributed by atoms with Crippen LogP contribution in [0.2, 0.25) is 0 Å². The van der Waals surface area contributed by atoms with E-state index >= 15 is 0 Å². The van der Waals surface area contributed by atoms with Gasteiger partial charge in [-0.2, -0.15) is 18.4 Å². The predicted molar refractivity (Wildman–Crippen MR) is 68.1 cm³/mol. The fraction of sp³-hybridized carbons (Fsp3) is 0.385. The summed E-state index contributed by atoms with van der Waals surface area (Å²) >= 11 is 1.15. The minimum Gasteiger partial charge on any atom is -0.469 e. The smallest absolute Gasteiger partial charge is 0.416 e. The Labute approximate surface area is 118 Å². The highest BCUT2D eigenvalue weighted by Gasteiger charge is 2.31. The number of ether oxygens (including phenoxy) is 1. The predicted octanol–water partition coefficient (Wildman–Crippen LogP) is 3.48.